The first-order chi connectivity index (χ1) is 10.2. The van der Waals surface area contributed by atoms with Crippen molar-refractivity contribution in [2.45, 2.75) is 37.6 Å². The molecule has 0 unspecified atom stereocenters. The lowest BCUT2D eigenvalue weighted by Crippen LogP contribution is -2.49. The normalized spacial score (nSPS) is 30.6. The Morgan fingerprint density at radius 3 is 2.86 bits per heavy atom. The van der Waals surface area contributed by atoms with Gasteiger partial charge in [-0.15, -0.1) is 6.42 Å². The molecule has 21 heavy (non-hydrogen) atoms. The topological polar surface area (TPSA) is 71.0 Å². The highest BCUT2D eigenvalue weighted by Gasteiger charge is 2.34. The highest BCUT2D eigenvalue weighted by atomic mass is 16.5. The standard InChI is InChI=1S/C15H24N2O4/c1-2-6-16-15(19)14-13(18)4-3-12(21-14)5-7-17-8-10-20-11-9-17/h1,12-14,18H,3-11H2,(H,16,19)/t12-,13-,14-/m0/s1. The first-order valence-corrected chi connectivity index (χ1v) is 7.55. The van der Waals surface area contributed by atoms with E-state index in [1.54, 1.807) is 0 Å². The van der Waals surface area contributed by atoms with E-state index in [9.17, 15) is 9.90 Å². The van der Waals surface area contributed by atoms with Gasteiger partial charge in [-0.2, -0.15) is 0 Å². The molecule has 6 heteroatoms. The van der Waals surface area contributed by atoms with Crippen LogP contribution >= 0.6 is 0 Å². The van der Waals surface area contributed by atoms with Gasteiger partial charge in [-0.1, -0.05) is 5.92 Å². The molecule has 0 aromatic carbocycles. The van der Waals surface area contributed by atoms with Crippen LogP contribution in [-0.2, 0) is 14.3 Å². The molecule has 6 nitrogen and oxygen atoms in total. The average Bonchev–Trinajstić information content (AvgIpc) is 2.52. The molecule has 0 aromatic heterocycles. The minimum Gasteiger partial charge on any atom is -0.390 e. The molecule has 0 spiro atoms. The van der Waals surface area contributed by atoms with Crippen molar-refractivity contribution in [1.82, 2.24) is 10.2 Å². The van der Waals surface area contributed by atoms with Crippen molar-refractivity contribution in [3.05, 3.63) is 0 Å². The van der Waals surface area contributed by atoms with Gasteiger partial charge in [0.2, 0.25) is 0 Å². The van der Waals surface area contributed by atoms with Gasteiger partial charge < -0.3 is 19.9 Å². The summed E-state index contributed by atoms with van der Waals surface area (Å²) in [4.78, 5) is 14.2. The monoisotopic (exact) mass is 296 g/mol. The van der Waals surface area contributed by atoms with Crippen molar-refractivity contribution in [2.24, 2.45) is 0 Å². The number of nitrogens with one attached hydrogen (secondary N) is 1. The summed E-state index contributed by atoms with van der Waals surface area (Å²) in [6.07, 6.45) is 5.81. The lowest BCUT2D eigenvalue weighted by Gasteiger charge is -2.34. The molecule has 2 aliphatic heterocycles. The van der Waals surface area contributed by atoms with E-state index < -0.39 is 12.2 Å². The Bertz CT molecular complexity index is 376. The first-order valence-electron chi connectivity index (χ1n) is 7.55. The van der Waals surface area contributed by atoms with Crippen molar-refractivity contribution in [1.29, 1.82) is 0 Å². The van der Waals surface area contributed by atoms with Crippen molar-refractivity contribution in [2.75, 3.05) is 39.4 Å². The van der Waals surface area contributed by atoms with Gasteiger partial charge in [0.05, 0.1) is 32.0 Å². The van der Waals surface area contributed by atoms with Crippen molar-refractivity contribution < 1.29 is 19.4 Å². The summed E-state index contributed by atoms with van der Waals surface area (Å²) in [5.74, 6) is 2.02. The van der Waals surface area contributed by atoms with Crippen LogP contribution in [0.3, 0.4) is 0 Å². The Kier molecular flexibility index (Phi) is 6.46. The fraction of sp³-hybridized carbons (Fsp3) is 0.800. The van der Waals surface area contributed by atoms with E-state index in [-0.39, 0.29) is 18.6 Å². The predicted octanol–water partition coefficient (Wildman–Crippen LogP) is -0.633. The van der Waals surface area contributed by atoms with Crippen LogP contribution in [0.1, 0.15) is 19.3 Å². The second-order valence-corrected chi connectivity index (χ2v) is 5.49. The molecule has 1 amide bonds. The molecule has 0 radical (unpaired) electrons. The Hall–Kier alpha value is -1.13. The van der Waals surface area contributed by atoms with E-state index in [2.05, 4.69) is 16.1 Å². The molecule has 2 heterocycles. The molecule has 2 saturated heterocycles. The molecule has 0 bridgehead atoms. The number of morpholine rings is 1. The summed E-state index contributed by atoms with van der Waals surface area (Å²) < 4.78 is 11.1. The van der Waals surface area contributed by atoms with Crippen molar-refractivity contribution in [3.8, 4) is 12.3 Å². The number of carbonyl (C=O) groups excluding carboxylic acids is 1. The number of nitrogens with zero attached hydrogens (tertiary/aromatic N) is 1. The van der Waals surface area contributed by atoms with Gasteiger partial charge in [-0.25, -0.2) is 0 Å². The van der Waals surface area contributed by atoms with Crippen LogP contribution in [0.5, 0.6) is 0 Å². The third-order valence-corrected chi connectivity index (χ3v) is 3.97. The largest absolute Gasteiger partial charge is 0.390 e. The van der Waals surface area contributed by atoms with Crippen molar-refractivity contribution in [3.63, 3.8) is 0 Å². The molecule has 2 aliphatic rings. The minimum absolute atomic E-state index is 0.0119. The molecular weight excluding hydrogens is 272 g/mol. The third-order valence-electron chi connectivity index (χ3n) is 3.97. The second kappa shape index (κ2) is 8.35. The van der Waals surface area contributed by atoms with Gasteiger partial charge in [0, 0.05) is 19.6 Å². The summed E-state index contributed by atoms with van der Waals surface area (Å²) in [7, 11) is 0. The molecule has 2 fully saturated rings. The Balaban J connectivity index is 1.76. The highest BCUT2D eigenvalue weighted by molar-refractivity contribution is 5.81. The Labute approximate surface area is 125 Å². The lowest BCUT2D eigenvalue weighted by atomic mass is 9.98. The van der Waals surface area contributed by atoms with Crippen LogP contribution in [0.2, 0.25) is 0 Å². The van der Waals surface area contributed by atoms with Gasteiger partial charge in [-0.05, 0) is 19.3 Å². The van der Waals surface area contributed by atoms with E-state index in [0.717, 1.165) is 45.7 Å². The number of hydrogen-bond donors (Lipinski definition) is 2. The first kappa shape index (κ1) is 16.2. The third kappa shape index (κ3) is 4.97. The molecule has 0 aromatic rings. The maximum atomic E-state index is 11.9. The molecule has 2 rings (SSSR count). The summed E-state index contributed by atoms with van der Waals surface area (Å²) in [6, 6.07) is 0. The van der Waals surface area contributed by atoms with Crippen LogP contribution in [-0.4, -0.2) is 73.6 Å². The molecule has 0 aliphatic carbocycles. The molecule has 3 atom stereocenters. The van der Waals surface area contributed by atoms with Crippen LogP contribution in [0, 0.1) is 12.3 Å². The summed E-state index contributed by atoms with van der Waals surface area (Å²) in [6.45, 7) is 4.54. The molecule has 0 saturated carbocycles. The predicted molar refractivity (Wildman–Crippen MR) is 77.6 cm³/mol. The van der Waals surface area contributed by atoms with E-state index in [0.29, 0.717) is 6.42 Å². The van der Waals surface area contributed by atoms with Gasteiger partial charge in [0.15, 0.2) is 6.10 Å². The van der Waals surface area contributed by atoms with Gasteiger partial charge in [-0.3, -0.25) is 9.69 Å². The number of carbonyl (C=O) groups is 1. The van der Waals surface area contributed by atoms with Gasteiger partial charge in [0.1, 0.15) is 0 Å². The zero-order chi connectivity index (χ0) is 15.1. The molecule has 118 valence electrons. The number of hydrogen-bond acceptors (Lipinski definition) is 5. The summed E-state index contributed by atoms with van der Waals surface area (Å²) in [5.41, 5.74) is 0. The maximum Gasteiger partial charge on any atom is 0.252 e. The smallest absolute Gasteiger partial charge is 0.252 e. The van der Waals surface area contributed by atoms with E-state index in [1.807, 2.05) is 0 Å². The molecule has 2 N–H and O–H groups in total. The number of aliphatic hydroxyl groups excluding tert-OH is 1. The average molecular weight is 296 g/mol. The molecular formula is C15H24N2O4. The fourth-order valence-electron chi connectivity index (χ4n) is 2.71. The summed E-state index contributed by atoms with van der Waals surface area (Å²) in [5, 5.41) is 12.5. The van der Waals surface area contributed by atoms with E-state index in [4.69, 9.17) is 15.9 Å². The number of aliphatic hydroxyl groups is 1. The van der Waals surface area contributed by atoms with E-state index in [1.165, 1.54) is 0 Å². The summed E-state index contributed by atoms with van der Waals surface area (Å²) >= 11 is 0. The van der Waals surface area contributed by atoms with Gasteiger partial charge in [0.25, 0.3) is 5.91 Å². The zero-order valence-corrected chi connectivity index (χ0v) is 12.3. The number of terminal acetylenes is 1. The van der Waals surface area contributed by atoms with Gasteiger partial charge >= 0.3 is 0 Å². The van der Waals surface area contributed by atoms with Crippen LogP contribution in [0.15, 0.2) is 0 Å². The SMILES string of the molecule is C#CCNC(=O)[C@H]1O[C@H](CCN2CCOCC2)CC[C@@H]1O. The maximum absolute atomic E-state index is 11.9. The fourth-order valence-corrected chi connectivity index (χ4v) is 2.71. The number of amides is 1. The van der Waals surface area contributed by atoms with Crippen molar-refractivity contribution >= 4 is 5.91 Å². The minimum atomic E-state index is -0.804. The van der Waals surface area contributed by atoms with Crippen LogP contribution < -0.4 is 5.32 Å². The van der Waals surface area contributed by atoms with Crippen LogP contribution in [0.25, 0.3) is 0 Å². The van der Waals surface area contributed by atoms with Crippen LogP contribution in [0.4, 0.5) is 0 Å². The Morgan fingerprint density at radius 1 is 1.38 bits per heavy atom. The quantitative estimate of drug-likeness (QED) is 0.661. The Morgan fingerprint density at radius 2 is 2.14 bits per heavy atom. The zero-order valence-electron chi connectivity index (χ0n) is 12.3. The lowest BCUT2D eigenvalue weighted by molar-refractivity contribution is -0.158. The number of rotatable bonds is 5. The highest BCUT2D eigenvalue weighted by Crippen LogP contribution is 2.22. The second-order valence-electron chi connectivity index (χ2n) is 5.49. The van der Waals surface area contributed by atoms with E-state index >= 15 is 0 Å². The number of ether oxygens (including phenoxy) is 2.